The summed E-state index contributed by atoms with van der Waals surface area (Å²) in [6, 6.07) is 17.6. The van der Waals surface area contributed by atoms with Gasteiger partial charge in [0.15, 0.2) is 0 Å². The van der Waals surface area contributed by atoms with Crippen molar-refractivity contribution >= 4 is 11.8 Å². The number of hydrogen-bond donors (Lipinski definition) is 2. The predicted molar refractivity (Wildman–Crippen MR) is 113 cm³/mol. The molecule has 0 saturated heterocycles. The third kappa shape index (κ3) is 5.19. The molecule has 2 amide bonds. The number of furan rings is 1. The number of nitrogens with one attached hydrogen (secondary N) is 2. The average molecular weight is 421 g/mol. The quantitative estimate of drug-likeness (QED) is 0.600. The minimum atomic E-state index is -0.730. The lowest BCUT2D eigenvalue weighted by Gasteiger charge is -2.34. The first-order chi connectivity index (χ1) is 15.1. The lowest BCUT2D eigenvalue weighted by Crippen LogP contribution is -2.45. The molecule has 0 fully saturated rings. The maximum Gasteiger partial charge on any atom is 0.309 e. The van der Waals surface area contributed by atoms with Crippen LogP contribution < -0.4 is 10.6 Å². The van der Waals surface area contributed by atoms with Gasteiger partial charge in [-0.2, -0.15) is 0 Å². The number of carbonyl (C=O) groups excluding carboxylic acids is 2. The summed E-state index contributed by atoms with van der Waals surface area (Å²) in [5.74, 6) is -1.05. The first-order valence-electron chi connectivity index (χ1n) is 10.2. The van der Waals surface area contributed by atoms with Crippen molar-refractivity contribution < 1.29 is 18.4 Å². The molecule has 1 aliphatic heterocycles. The number of hydrogen-bond acceptors (Lipinski definition) is 4. The number of fused-ring (bicyclic) bond motifs is 1. The lowest BCUT2D eigenvalue weighted by molar-refractivity contribution is -0.139. The van der Waals surface area contributed by atoms with Gasteiger partial charge in [-0.3, -0.25) is 14.5 Å². The highest BCUT2D eigenvalue weighted by Gasteiger charge is 2.27. The minimum Gasteiger partial charge on any atom is -0.468 e. The molecule has 3 aromatic rings. The second kappa shape index (κ2) is 9.57. The van der Waals surface area contributed by atoms with Crippen LogP contribution in [0.3, 0.4) is 0 Å². The molecule has 1 atom stereocenters. The van der Waals surface area contributed by atoms with Crippen LogP contribution in [0.25, 0.3) is 0 Å². The third-order valence-electron chi connectivity index (χ3n) is 5.50. The Morgan fingerprint density at radius 2 is 1.71 bits per heavy atom. The standard InChI is InChI=1S/C24H24FN3O3/c25-20-9-7-17(8-10-20)14-26-23(29)24(30)27-15-21(22-6-3-13-31-22)28-12-11-18-4-1-2-5-19(18)16-28/h1-10,13,21H,11-12,14-16H2,(H,26,29)(H,27,30)/t21-/m1/s1. The van der Waals surface area contributed by atoms with Crippen LogP contribution in [0.2, 0.25) is 0 Å². The van der Waals surface area contributed by atoms with Gasteiger partial charge in [-0.05, 0) is 47.4 Å². The Bertz CT molecular complexity index is 1030. The maximum atomic E-state index is 13.0. The summed E-state index contributed by atoms with van der Waals surface area (Å²) in [6.45, 7) is 1.97. The van der Waals surface area contributed by atoms with Gasteiger partial charge in [0.2, 0.25) is 0 Å². The maximum absolute atomic E-state index is 13.0. The summed E-state index contributed by atoms with van der Waals surface area (Å²) in [7, 11) is 0. The molecular weight excluding hydrogens is 397 g/mol. The van der Waals surface area contributed by atoms with E-state index in [9.17, 15) is 14.0 Å². The van der Waals surface area contributed by atoms with Crippen LogP contribution in [0.5, 0.6) is 0 Å². The van der Waals surface area contributed by atoms with Gasteiger partial charge in [-0.15, -0.1) is 0 Å². The average Bonchev–Trinajstić information content (AvgIpc) is 3.33. The molecule has 0 saturated carbocycles. The number of amides is 2. The number of benzene rings is 2. The van der Waals surface area contributed by atoms with Crippen molar-refractivity contribution in [3.05, 3.63) is 95.2 Å². The molecule has 2 N–H and O–H groups in total. The molecule has 0 aliphatic carbocycles. The summed E-state index contributed by atoms with van der Waals surface area (Å²) in [5, 5.41) is 5.28. The van der Waals surface area contributed by atoms with E-state index in [0.717, 1.165) is 25.3 Å². The highest BCUT2D eigenvalue weighted by Crippen LogP contribution is 2.27. The van der Waals surface area contributed by atoms with Gasteiger partial charge < -0.3 is 15.1 Å². The van der Waals surface area contributed by atoms with Crippen molar-refractivity contribution in [3.63, 3.8) is 0 Å². The first kappa shape index (κ1) is 20.8. The van der Waals surface area contributed by atoms with E-state index in [1.807, 2.05) is 24.3 Å². The van der Waals surface area contributed by atoms with Crippen molar-refractivity contribution in [2.24, 2.45) is 0 Å². The molecule has 4 rings (SSSR count). The van der Waals surface area contributed by atoms with Gasteiger partial charge in [0.25, 0.3) is 0 Å². The van der Waals surface area contributed by atoms with E-state index in [1.54, 1.807) is 18.4 Å². The van der Waals surface area contributed by atoms with Crippen molar-refractivity contribution in [2.45, 2.75) is 25.6 Å². The second-order valence-corrected chi connectivity index (χ2v) is 7.54. The Balaban J connectivity index is 1.36. The van der Waals surface area contributed by atoms with Gasteiger partial charge in [0.05, 0.1) is 12.3 Å². The van der Waals surface area contributed by atoms with E-state index in [4.69, 9.17) is 4.42 Å². The summed E-state index contributed by atoms with van der Waals surface area (Å²) < 4.78 is 18.6. The fourth-order valence-corrected chi connectivity index (χ4v) is 3.81. The molecule has 0 radical (unpaired) electrons. The van der Waals surface area contributed by atoms with Crippen LogP contribution in [-0.4, -0.2) is 29.8 Å². The van der Waals surface area contributed by atoms with Crippen LogP contribution in [0.15, 0.2) is 71.3 Å². The molecular formula is C24H24FN3O3. The monoisotopic (exact) mass is 421 g/mol. The van der Waals surface area contributed by atoms with E-state index in [2.05, 4.69) is 27.7 Å². The minimum absolute atomic E-state index is 0.150. The molecule has 6 nitrogen and oxygen atoms in total. The topological polar surface area (TPSA) is 74.6 Å². The van der Waals surface area contributed by atoms with Crippen LogP contribution in [0.4, 0.5) is 4.39 Å². The van der Waals surface area contributed by atoms with E-state index in [-0.39, 0.29) is 24.9 Å². The number of halogens is 1. The normalized spacial score (nSPS) is 14.5. The van der Waals surface area contributed by atoms with Crippen molar-refractivity contribution in [3.8, 4) is 0 Å². The molecule has 7 heteroatoms. The van der Waals surface area contributed by atoms with Crippen molar-refractivity contribution in [1.29, 1.82) is 0 Å². The molecule has 1 aliphatic rings. The lowest BCUT2D eigenvalue weighted by atomic mass is 9.98. The molecule has 1 aromatic heterocycles. The molecule has 31 heavy (non-hydrogen) atoms. The Morgan fingerprint density at radius 3 is 2.45 bits per heavy atom. The largest absolute Gasteiger partial charge is 0.468 e. The van der Waals surface area contributed by atoms with Crippen LogP contribution in [0, 0.1) is 5.82 Å². The van der Waals surface area contributed by atoms with Crippen molar-refractivity contribution in [1.82, 2.24) is 15.5 Å². The number of nitrogens with zero attached hydrogens (tertiary/aromatic N) is 1. The molecule has 160 valence electrons. The van der Waals surface area contributed by atoms with E-state index in [0.29, 0.717) is 5.56 Å². The van der Waals surface area contributed by atoms with E-state index in [1.165, 1.54) is 23.3 Å². The Kier molecular flexibility index (Phi) is 6.43. The second-order valence-electron chi connectivity index (χ2n) is 7.54. The molecule has 2 heterocycles. The summed E-state index contributed by atoms with van der Waals surface area (Å²) in [5.41, 5.74) is 3.30. The zero-order chi connectivity index (χ0) is 21.6. The number of rotatable bonds is 6. The van der Waals surface area contributed by atoms with Crippen LogP contribution >= 0.6 is 0 Å². The Hall–Kier alpha value is -3.45. The van der Waals surface area contributed by atoms with Gasteiger partial charge in [0.1, 0.15) is 11.6 Å². The summed E-state index contributed by atoms with van der Waals surface area (Å²) >= 11 is 0. The zero-order valence-corrected chi connectivity index (χ0v) is 17.0. The Morgan fingerprint density at radius 1 is 0.968 bits per heavy atom. The van der Waals surface area contributed by atoms with E-state index >= 15 is 0 Å². The number of carbonyl (C=O) groups is 2. The van der Waals surface area contributed by atoms with Gasteiger partial charge in [-0.1, -0.05) is 36.4 Å². The highest BCUT2D eigenvalue weighted by molar-refractivity contribution is 6.35. The molecule has 0 spiro atoms. The first-order valence-corrected chi connectivity index (χ1v) is 10.2. The fourth-order valence-electron chi connectivity index (χ4n) is 3.81. The molecule has 0 bridgehead atoms. The zero-order valence-electron chi connectivity index (χ0n) is 17.0. The third-order valence-corrected chi connectivity index (χ3v) is 5.50. The molecule has 0 unspecified atom stereocenters. The van der Waals surface area contributed by atoms with Gasteiger partial charge in [-0.25, -0.2) is 4.39 Å². The van der Waals surface area contributed by atoms with Crippen LogP contribution in [-0.2, 0) is 29.1 Å². The van der Waals surface area contributed by atoms with Gasteiger partial charge >= 0.3 is 11.8 Å². The fraction of sp³-hybridized carbons (Fsp3) is 0.250. The SMILES string of the molecule is O=C(NCc1ccc(F)cc1)C(=O)NC[C@H](c1ccco1)N1CCc2ccccc2C1. The Labute approximate surface area is 180 Å². The summed E-state index contributed by atoms with van der Waals surface area (Å²) in [4.78, 5) is 26.8. The van der Waals surface area contributed by atoms with Crippen LogP contribution in [0.1, 0.15) is 28.5 Å². The smallest absolute Gasteiger partial charge is 0.309 e. The van der Waals surface area contributed by atoms with E-state index < -0.39 is 11.8 Å². The highest BCUT2D eigenvalue weighted by atomic mass is 19.1. The summed E-state index contributed by atoms with van der Waals surface area (Å²) in [6.07, 6.45) is 2.52. The van der Waals surface area contributed by atoms with Gasteiger partial charge in [0, 0.05) is 26.2 Å². The van der Waals surface area contributed by atoms with Crippen molar-refractivity contribution in [2.75, 3.05) is 13.1 Å². The molecule has 2 aromatic carbocycles. The predicted octanol–water partition coefficient (Wildman–Crippen LogP) is 2.95.